The minimum atomic E-state index is 0.676. The topological polar surface area (TPSA) is 32.5 Å². The lowest BCUT2D eigenvalue weighted by Crippen LogP contribution is -2.59. The Morgan fingerprint density at radius 2 is 1.61 bits per heavy atom. The minimum Gasteiger partial charge on any atom is -0.330 e. The highest BCUT2D eigenvalue weighted by atomic mass is 15.3. The standard InChI is InChI=1S/C15H31N3/c1-12-10-18(11-13(2)17(12)3)15-8-6-4-5-7-14(15)9-16/h12-15H,4-11,16H2,1-3H3. The van der Waals surface area contributed by atoms with Crippen molar-refractivity contribution in [1.29, 1.82) is 0 Å². The van der Waals surface area contributed by atoms with Gasteiger partial charge < -0.3 is 5.73 Å². The molecule has 2 fully saturated rings. The summed E-state index contributed by atoms with van der Waals surface area (Å²) in [5.74, 6) is 0.732. The summed E-state index contributed by atoms with van der Waals surface area (Å²) in [5.41, 5.74) is 6.03. The summed E-state index contributed by atoms with van der Waals surface area (Å²) in [5, 5.41) is 0. The average Bonchev–Trinajstić information content (AvgIpc) is 2.60. The molecule has 18 heavy (non-hydrogen) atoms. The number of hydrogen-bond donors (Lipinski definition) is 1. The number of nitrogens with zero attached hydrogens (tertiary/aromatic N) is 2. The Morgan fingerprint density at radius 1 is 1.00 bits per heavy atom. The Morgan fingerprint density at radius 3 is 2.22 bits per heavy atom. The summed E-state index contributed by atoms with van der Waals surface area (Å²) in [6.45, 7) is 8.04. The first-order valence-electron chi connectivity index (χ1n) is 7.79. The highest BCUT2D eigenvalue weighted by molar-refractivity contribution is 4.90. The van der Waals surface area contributed by atoms with Gasteiger partial charge in [-0.25, -0.2) is 0 Å². The van der Waals surface area contributed by atoms with Crippen molar-refractivity contribution < 1.29 is 0 Å². The summed E-state index contributed by atoms with van der Waals surface area (Å²) in [6.07, 6.45) is 6.90. The molecule has 1 saturated heterocycles. The largest absolute Gasteiger partial charge is 0.330 e. The lowest BCUT2D eigenvalue weighted by atomic mass is 9.91. The Hall–Kier alpha value is -0.120. The third kappa shape index (κ3) is 3.06. The molecule has 0 aromatic heterocycles. The molecule has 2 N–H and O–H groups in total. The molecule has 2 aliphatic rings. The van der Waals surface area contributed by atoms with Crippen molar-refractivity contribution in [2.75, 3.05) is 26.7 Å². The number of likely N-dealkylation sites (N-methyl/N-ethyl adjacent to an activating group) is 1. The van der Waals surface area contributed by atoms with Crippen LogP contribution in [0.4, 0.5) is 0 Å². The SMILES string of the molecule is CC1CN(C2CCCCCC2CN)CC(C)N1C. The Bertz CT molecular complexity index is 244. The molecule has 1 aliphatic heterocycles. The maximum Gasteiger partial charge on any atom is 0.0195 e. The molecular formula is C15H31N3. The van der Waals surface area contributed by atoms with E-state index < -0.39 is 0 Å². The van der Waals surface area contributed by atoms with E-state index in [0.717, 1.165) is 18.5 Å². The van der Waals surface area contributed by atoms with Crippen LogP contribution in [0.15, 0.2) is 0 Å². The van der Waals surface area contributed by atoms with E-state index in [-0.39, 0.29) is 0 Å². The quantitative estimate of drug-likeness (QED) is 0.763. The number of piperazine rings is 1. The van der Waals surface area contributed by atoms with Gasteiger partial charge in [-0.1, -0.05) is 19.3 Å². The van der Waals surface area contributed by atoms with Crippen LogP contribution in [-0.4, -0.2) is 54.6 Å². The van der Waals surface area contributed by atoms with Crippen molar-refractivity contribution in [3.8, 4) is 0 Å². The van der Waals surface area contributed by atoms with Gasteiger partial charge in [0.1, 0.15) is 0 Å². The van der Waals surface area contributed by atoms with E-state index in [1.54, 1.807) is 0 Å². The molecule has 1 heterocycles. The van der Waals surface area contributed by atoms with Crippen molar-refractivity contribution in [1.82, 2.24) is 9.80 Å². The molecule has 1 saturated carbocycles. The van der Waals surface area contributed by atoms with Gasteiger partial charge in [0.15, 0.2) is 0 Å². The third-order valence-corrected chi connectivity index (χ3v) is 5.28. The highest BCUT2D eigenvalue weighted by Crippen LogP contribution is 2.29. The van der Waals surface area contributed by atoms with Gasteiger partial charge >= 0.3 is 0 Å². The molecule has 106 valence electrons. The molecule has 2 rings (SSSR count). The second kappa shape index (κ2) is 6.36. The van der Waals surface area contributed by atoms with Crippen LogP contribution in [0.2, 0.25) is 0 Å². The van der Waals surface area contributed by atoms with E-state index in [4.69, 9.17) is 5.73 Å². The molecule has 0 amide bonds. The van der Waals surface area contributed by atoms with E-state index in [0.29, 0.717) is 12.1 Å². The van der Waals surface area contributed by atoms with Crippen molar-refractivity contribution >= 4 is 0 Å². The number of nitrogens with two attached hydrogens (primary N) is 1. The number of hydrogen-bond acceptors (Lipinski definition) is 3. The molecule has 3 heteroatoms. The predicted octanol–water partition coefficient (Wildman–Crippen LogP) is 1.92. The van der Waals surface area contributed by atoms with E-state index in [1.807, 2.05) is 0 Å². The Kier molecular flexibility index (Phi) is 5.05. The summed E-state index contributed by atoms with van der Waals surface area (Å²) >= 11 is 0. The molecule has 0 aromatic carbocycles. The fraction of sp³-hybridized carbons (Fsp3) is 1.00. The van der Waals surface area contributed by atoms with Crippen molar-refractivity contribution in [3.63, 3.8) is 0 Å². The maximum atomic E-state index is 6.03. The summed E-state index contributed by atoms with van der Waals surface area (Å²) in [7, 11) is 2.26. The van der Waals surface area contributed by atoms with Gasteiger partial charge in [0.05, 0.1) is 0 Å². The van der Waals surface area contributed by atoms with Crippen LogP contribution in [-0.2, 0) is 0 Å². The minimum absolute atomic E-state index is 0.676. The fourth-order valence-electron chi connectivity index (χ4n) is 3.84. The molecule has 1 aliphatic carbocycles. The van der Waals surface area contributed by atoms with Gasteiger partial charge in [-0.3, -0.25) is 9.80 Å². The molecule has 3 nitrogen and oxygen atoms in total. The second-order valence-electron chi connectivity index (χ2n) is 6.52. The van der Waals surface area contributed by atoms with Crippen LogP contribution in [0.3, 0.4) is 0 Å². The van der Waals surface area contributed by atoms with Gasteiger partial charge in [0.25, 0.3) is 0 Å². The first kappa shape index (κ1) is 14.3. The first-order chi connectivity index (χ1) is 8.63. The normalized spacial score (nSPS) is 40.7. The highest BCUT2D eigenvalue weighted by Gasteiger charge is 2.34. The fourth-order valence-corrected chi connectivity index (χ4v) is 3.84. The van der Waals surface area contributed by atoms with E-state index in [1.165, 1.54) is 45.2 Å². The monoisotopic (exact) mass is 253 g/mol. The van der Waals surface area contributed by atoms with Crippen LogP contribution < -0.4 is 5.73 Å². The van der Waals surface area contributed by atoms with Gasteiger partial charge in [0.2, 0.25) is 0 Å². The maximum absolute atomic E-state index is 6.03. The zero-order chi connectivity index (χ0) is 13.1. The van der Waals surface area contributed by atoms with Crippen LogP contribution in [0.1, 0.15) is 46.0 Å². The van der Waals surface area contributed by atoms with Crippen molar-refractivity contribution in [2.45, 2.75) is 64.1 Å². The smallest absolute Gasteiger partial charge is 0.0195 e. The lowest BCUT2D eigenvalue weighted by Gasteiger charge is -2.47. The predicted molar refractivity (Wildman–Crippen MR) is 77.7 cm³/mol. The van der Waals surface area contributed by atoms with E-state index >= 15 is 0 Å². The summed E-state index contributed by atoms with van der Waals surface area (Å²) in [6, 6.07) is 2.10. The molecule has 0 spiro atoms. The summed E-state index contributed by atoms with van der Waals surface area (Å²) in [4.78, 5) is 5.27. The Labute approximate surface area is 113 Å². The molecule has 0 aromatic rings. The summed E-state index contributed by atoms with van der Waals surface area (Å²) < 4.78 is 0. The van der Waals surface area contributed by atoms with Crippen molar-refractivity contribution in [2.24, 2.45) is 11.7 Å². The average molecular weight is 253 g/mol. The van der Waals surface area contributed by atoms with Crippen LogP contribution >= 0.6 is 0 Å². The molecule has 0 radical (unpaired) electrons. The zero-order valence-electron chi connectivity index (χ0n) is 12.4. The van der Waals surface area contributed by atoms with Crippen LogP contribution in [0.5, 0.6) is 0 Å². The molecule has 4 atom stereocenters. The van der Waals surface area contributed by atoms with E-state index in [2.05, 4.69) is 30.7 Å². The third-order valence-electron chi connectivity index (χ3n) is 5.28. The molecular weight excluding hydrogens is 222 g/mol. The van der Waals surface area contributed by atoms with Gasteiger partial charge in [0, 0.05) is 31.2 Å². The van der Waals surface area contributed by atoms with Gasteiger partial charge in [-0.2, -0.15) is 0 Å². The second-order valence-corrected chi connectivity index (χ2v) is 6.52. The lowest BCUT2D eigenvalue weighted by molar-refractivity contribution is 0.0150. The molecule has 0 bridgehead atoms. The first-order valence-corrected chi connectivity index (χ1v) is 7.79. The molecule has 4 unspecified atom stereocenters. The van der Waals surface area contributed by atoms with Crippen LogP contribution in [0, 0.1) is 5.92 Å². The zero-order valence-corrected chi connectivity index (χ0v) is 12.4. The number of rotatable bonds is 2. The van der Waals surface area contributed by atoms with Crippen LogP contribution in [0.25, 0.3) is 0 Å². The Balaban J connectivity index is 2.03. The van der Waals surface area contributed by atoms with E-state index in [9.17, 15) is 0 Å². The van der Waals surface area contributed by atoms with Gasteiger partial charge in [-0.05, 0) is 46.2 Å². The van der Waals surface area contributed by atoms with Gasteiger partial charge in [-0.15, -0.1) is 0 Å². The van der Waals surface area contributed by atoms with Crippen molar-refractivity contribution in [3.05, 3.63) is 0 Å².